The van der Waals surface area contributed by atoms with Gasteiger partial charge in [-0.2, -0.15) is 5.10 Å². The van der Waals surface area contributed by atoms with E-state index in [0.29, 0.717) is 11.3 Å². The van der Waals surface area contributed by atoms with Crippen LogP contribution in [0.1, 0.15) is 24.0 Å². The summed E-state index contributed by atoms with van der Waals surface area (Å²) in [5, 5.41) is 11.7. The van der Waals surface area contributed by atoms with Crippen LogP contribution in [-0.2, 0) is 24.3 Å². The Morgan fingerprint density at radius 3 is 3.16 bits per heavy atom. The Hall–Kier alpha value is -1.47. The Kier molecular flexibility index (Phi) is 4.86. The number of carbonyl (C=O) groups excluding carboxylic acids is 1. The van der Waals surface area contributed by atoms with Gasteiger partial charge < -0.3 is 5.32 Å². The van der Waals surface area contributed by atoms with Crippen molar-refractivity contribution in [2.24, 2.45) is 0 Å². The van der Waals surface area contributed by atoms with Crippen molar-refractivity contribution in [3.8, 4) is 0 Å². The quantitative estimate of drug-likeness (QED) is 0.804. The number of amides is 1. The minimum atomic E-state index is -0.0525. The highest BCUT2D eigenvalue weighted by Crippen LogP contribution is 2.07. The summed E-state index contributed by atoms with van der Waals surface area (Å²) in [4.78, 5) is 13.0. The zero-order valence-electron chi connectivity index (χ0n) is 10.7. The third-order valence-electron chi connectivity index (χ3n) is 2.65. The van der Waals surface area contributed by atoms with E-state index in [2.05, 4.69) is 22.4 Å². The Labute approximate surface area is 120 Å². The number of hydrogen-bond donors (Lipinski definition) is 2. The summed E-state index contributed by atoms with van der Waals surface area (Å²) < 4.78 is 2.25. The third-order valence-corrected chi connectivity index (χ3v) is 3.84. The number of aromatic nitrogens is 3. The van der Waals surface area contributed by atoms with E-state index in [1.165, 1.54) is 0 Å². The van der Waals surface area contributed by atoms with Crippen LogP contribution in [0.4, 0.5) is 0 Å². The van der Waals surface area contributed by atoms with Gasteiger partial charge in [0.2, 0.25) is 5.91 Å². The van der Waals surface area contributed by atoms with E-state index in [9.17, 15) is 4.79 Å². The van der Waals surface area contributed by atoms with Crippen LogP contribution in [0.25, 0.3) is 0 Å². The van der Waals surface area contributed by atoms with Gasteiger partial charge in [-0.3, -0.25) is 14.5 Å². The molecule has 0 saturated heterocycles. The molecular weight excluding hydrogens is 280 g/mol. The normalized spacial score (nSPS) is 10.6. The summed E-state index contributed by atoms with van der Waals surface area (Å²) in [6, 6.07) is 3.97. The van der Waals surface area contributed by atoms with Gasteiger partial charge >= 0.3 is 0 Å². The van der Waals surface area contributed by atoms with Crippen molar-refractivity contribution in [3.05, 3.63) is 33.0 Å². The van der Waals surface area contributed by atoms with E-state index in [1.54, 1.807) is 15.9 Å². The lowest BCUT2D eigenvalue weighted by atomic mass is 10.3. The van der Waals surface area contributed by atoms with Gasteiger partial charge in [0, 0.05) is 11.3 Å². The van der Waals surface area contributed by atoms with Gasteiger partial charge in [-0.05, 0) is 30.1 Å². The average molecular weight is 296 g/mol. The van der Waals surface area contributed by atoms with Gasteiger partial charge in [0.05, 0.1) is 6.54 Å². The van der Waals surface area contributed by atoms with Crippen LogP contribution in [0.2, 0.25) is 0 Å². The number of rotatable bonds is 6. The number of aryl methyl sites for hydroxylation is 1. The molecule has 2 N–H and O–H groups in total. The maximum atomic E-state index is 11.9. The number of nitrogens with zero attached hydrogens (tertiary/aromatic N) is 2. The van der Waals surface area contributed by atoms with Crippen LogP contribution in [0.3, 0.4) is 0 Å². The predicted octanol–water partition coefficient (Wildman–Crippen LogP) is 2.27. The van der Waals surface area contributed by atoms with Crippen molar-refractivity contribution in [3.63, 3.8) is 0 Å². The van der Waals surface area contributed by atoms with Crippen LogP contribution in [0, 0.1) is 4.77 Å². The van der Waals surface area contributed by atoms with Gasteiger partial charge in [0.15, 0.2) is 4.77 Å². The molecule has 2 aromatic rings. The molecule has 1 amide bonds. The predicted molar refractivity (Wildman–Crippen MR) is 77.6 cm³/mol. The van der Waals surface area contributed by atoms with Crippen molar-refractivity contribution in [1.29, 1.82) is 0 Å². The maximum Gasteiger partial charge on any atom is 0.240 e. The molecule has 5 nitrogen and oxygen atoms in total. The molecule has 0 aliphatic rings. The number of carbonyl (C=O) groups is 1. The summed E-state index contributed by atoms with van der Waals surface area (Å²) >= 11 is 6.76. The molecule has 0 atom stereocenters. The van der Waals surface area contributed by atoms with Gasteiger partial charge in [0.1, 0.15) is 12.4 Å². The molecule has 0 saturated carbocycles. The minimum Gasteiger partial charge on any atom is -0.350 e. The van der Waals surface area contributed by atoms with Crippen molar-refractivity contribution in [2.45, 2.75) is 32.9 Å². The first-order valence-electron chi connectivity index (χ1n) is 6.14. The first-order valence-corrected chi connectivity index (χ1v) is 7.42. The molecule has 19 heavy (non-hydrogen) atoms. The SMILES string of the molecule is CCCc1n[nH]c(=S)n1CC(=O)NCc1cccs1. The molecule has 0 spiro atoms. The lowest BCUT2D eigenvalue weighted by Gasteiger charge is -2.06. The van der Waals surface area contributed by atoms with Gasteiger partial charge in [0.25, 0.3) is 0 Å². The number of H-pyrrole nitrogens is 1. The second kappa shape index (κ2) is 6.63. The van der Waals surface area contributed by atoms with E-state index in [0.717, 1.165) is 23.5 Å². The van der Waals surface area contributed by atoms with Crippen molar-refractivity contribution < 1.29 is 4.79 Å². The highest BCUT2D eigenvalue weighted by molar-refractivity contribution is 7.71. The fraction of sp³-hybridized carbons (Fsp3) is 0.417. The molecule has 0 radical (unpaired) electrons. The van der Waals surface area contributed by atoms with Crippen molar-refractivity contribution >= 4 is 29.5 Å². The highest BCUT2D eigenvalue weighted by atomic mass is 32.1. The topological polar surface area (TPSA) is 62.7 Å². The van der Waals surface area contributed by atoms with Crippen LogP contribution >= 0.6 is 23.6 Å². The smallest absolute Gasteiger partial charge is 0.240 e. The first-order chi connectivity index (χ1) is 9.20. The molecule has 0 unspecified atom stereocenters. The molecule has 0 bridgehead atoms. The highest BCUT2D eigenvalue weighted by Gasteiger charge is 2.09. The lowest BCUT2D eigenvalue weighted by molar-refractivity contribution is -0.121. The Bertz CT molecular complexity index is 585. The fourth-order valence-electron chi connectivity index (χ4n) is 1.73. The molecule has 0 aliphatic carbocycles. The number of nitrogens with one attached hydrogen (secondary N) is 2. The Morgan fingerprint density at radius 2 is 2.47 bits per heavy atom. The second-order valence-electron chi connectivity index (χ2n) is 4.14. The van der Waals surface area contributed by atoms with Crippen LogP contribution in [-0.4, -0.2) is 20.7 Å². The van der Waals surface area contributed by atoms with Crippen LogP contribution < -0.4 is 5.32 Å². The summed E-state index contributed by atoms with van der Waals surface area (Å²) in [6.07, 6.45) is 1.78. The molecule has 7 heteroatoms. The number of thiophene rings is 1. The van der Waals surface area contributed by atoms with E-state index in [1.807, 2.05) is 17.5 Å². The summed E-state index contributed by atoms with van der Waals surface area (Å²) in [6.45, 7) is 2.85. The number of hydrogen-bond acceptors (Lipinski definition) is 4. The second-order valence-corrected chi connectivity index (χ2v) is 5.56. The largest absolute Gasteiger partial charge is 0.350 e. The molecule has 2 rings (SSSR count). The molecule has 0 aliphatic heterocycles. The first kappa shape index (κ1) is 14.0. The molecule has 2 aromatic heterocycles. The molecule has 0 aromatic carbocycles. The lowest BCUT2D eigenvalue weighted by Crippen LogP contribution is -2.27. The third kappa shape index (κ3) is 3.74. The van der Waals surface area contributed by atoms with Crippen LogP contribution in [0.15, 0.2) is 17.5 Å². The monoisotopic (exact) mass is 296 g/mol. The summed E-state index contributed by atoms with van der Waals surface area (Å²) in [5.41, 5.74) is 0. The zero-order valence-corrected chi connectivity index (χ0v) is 12.3. The van der Waals surface area contributed by atoms with Crippen molar-refractivity contribution in [2.75, 3.05) is 0 Å². The van der Waals surface area contributed by atoms with Gasteiger partial charge in [-0.1, -0.05) is 13.0 Å². The fourth-order valence-corrected chi connectivity index (χ4v) is 2.59. The summed E-state index contributed by atoms with van der Waals surface area (Å²) in [5.74, 6) is 0.780. The molecular formula is C12H16N4OS2. The molecule has 102 valence electrons. The molecule has 2 heterocycles. The van der Waals surface area contributed by atoms with Crippen LogP contribution in [0.5, 0.6) is 0 Å². The zero-order chi connectivity index (χ0) is 13.7. The number of aromatic amines is 1. The summed E-state index contributed by atoms with van der Waals surface area (Å²) in [7, 11) is 0. The van der Waals surface area contributed by atoms with E-state index < -0.39 is 0 Å². The Morgan fingerprint density at radius 1 is 1.63 bits per heavy atom. The average Bonchev–Trinajstić information content (AvgIpc) is 3.01. The Balaban J connectivity index is 1.95. The van der Waals surface area contributed by atoms with E-state index >= 15 is 0 Å². The molecule has 0 fully saturated rings. The van der Waals surface area contributed by atoms with Gasteiger partial charge in [-0.15, -0.1) is 11.3 Å². The standard InChI is InChI=1S/C12H16N4OS2/c1-2-4-10-14-15-12(18)16(10)8-11(17)13-7-9-5-3-6-19-9/h3,5-6H,2,4,7-8H2,1H3,(H,13,17)(H,15,18). The maximum absolute atomic E-state index is 11.9. The van der Waals surface area contributed by atoms with Gasteiger partial charge in [-0.25, -0.2) is 0 Å². The van der Waals surface area contributed by atoms with Crippen molar-refractivity contribution in [1.82, 2.24) is 20.1 Å². The minimum absolute atomic E-state index is 0.0525. The van der Waals surface area contributed by atoms with E-state index in [-0.39, 0.29) is 12.5 Å². The van der Waals surface area contributed by atoms with E-state index in [4.69, 9.17) is 12.2 Å².